The second-order valence-corrected chi connectivity index (χ2v) is 9.92. The molecule has 0 aliphatic heterocycles. The third kappa shape index (κ3) is 12.2. The molecular formula is C25H38O9. The zero-order chi connectivity index (χ0) is 26.7. The normalized spacial score (nSPS) is 11.1. The van der Waals surface area contributed by atoms with Crippen LogP contribution in [0, 0.1) is 0 Å². The van der Waals surface area contributed by atoms with Crippen molar-refractivity contribution in [1.82, 2.24) is 0 Å². The third-order valence-electron chi connectivity index (χ3n) is 4.54. The van der Waals surface area contributed by atoms with Crippen molar-refractivity contribution < 1.29 is 44.0 Å². The number of hydrogen-bond acceptors (Lipinski definition) is 7. The molecule has 0 bridgehead atoms. The van der Waals surface area contributed by atoms with Crippen molar-refractivity contribution in [2.75, 3.05) is 6.61 Å². The summed E-state index contributed by atoms with van der Waals surface area (Å²) in [5.41, 5.74) is 1.73. The maximum atomic E-state index is 11.4. The lowest BCUT2D eigenvalue weighted by Gasteiger charge is -2.28. The number of esters is 2. The molecule has 192 valence electrons. The first kappa shape index (κ1) is 30.9. The van der Waals surface area contributed by atoms with E-state index in [4.69, 9.17) is 14.9 Å². The van der Waals surface area contributed by atoms with Crippen LogP contribution in [0.3, 0.4) is 0 Å². The number of aromatic hydroxyl groups is 1. The highest BCUT2D eigenvalue weighted by Gasteiger charge is 2.26. The first-order chi connectivity index (χ1) is 15.5. The predicted octanol–water partition coefficient (Wildman–Crippen LogP) is 4.31. The number of phenols is 1. The van der Waals surface area contributed by atoms with Gasteiger partial charge in [-0.15, -0.1) is 0 Å². The van der Waals surface area contributed by atoms with Crippen LogP contribution in [0.4, 0.5) is 0 Å². The van der Waals surface area contributed by atoms with Crippen LogP contribution in [0.25, 0.3) is 0 Å². The second kappa shape index (κ2) is 13.6. The van der Waals surface area contributed by atoms with Gasteiger partial charge in [-0.25, -0.2) is 0 Å². The number of aliphatic carboxylic acids is 2. The zero-order valence-corrected chi connectivity index (χ0v) is 21.2. The second-order valence-electron chi connectivity index (χ2n) is 9.92. The number of rotatable bonds is 9. The molecule has 9 nitrogen and oxygen atoms in total. The van der Waals surface area contributed by atoms with Gasteiger partial charge in [-0.05, 0) is 46.1 Å². The van der Waals surface area contributed by atoms with Crippen LogP contribution in [-0.2, 0) is 46.1 Å². The van der Waals surface area contributed by atoms with Gasteiger partial charge in [0.15, 0.2) is 0 Å². The molecule has 3 N–H and O–H groups in total. The van der Waals surface area contributed by atoms with Gasteiger partial charge in [0, 0.05) is 0 Å². The number of carbonyl (C=O) groups is 4. The largest absolute Gasteiger partial charge is 0.507 e. The Balaban J connectivity index is 0.000000833. The molecule has 9 heteroatoms. The van der Waals surface area contributed by atoms with Gasteiger partial charge in [-0.1, -0.05) is 54.9 Å². The van der Waals surface area contributed by atoms with E-state index in [9.17, 15) is 24.3 Å². The number of phenolic OH excluding ortho intramolecular Hbond substituents is 1. The third-order valence-corrected chi connectivity index (χ3v) is 4.54. The SMILES string of the molecule is CC(C)(C)c1cc(COC(=O)CC(=O)O)cc(C(C)(C)C)c1O.CCCCOC(=O)CC(=O)O. The van der Waals surface area contributed by atoms with Crippen molar-refractivity contribution in [2.45, 2.75) is 91.6 Å². The fourth-order valence-corrected chi connectivity index (χ4v) is 2.76. The Morgan fingerprint density at radius 2 is 1.21 bits per heavy atom. The summed E-state index contributed by atoms with van der Waals surface area (Å²) in [6, 6.07) is 3.61. The molecule has 0 aromatic heterocycles. The monoisotopic (exact) mass is 482 g/mol. The molecule has 34 heavy (non-hydrogen) atoms. The van der Waals surface area contributed by atoms with Gasteiger partial charge in [0.05, 0.1) is 6.61 Å². The van der Waals surface area contributed by atoms with Crippen LogP contribution in [0.2, 0.25) is 0 Å². The van der Waals surface area contributed by atoms with E-state index in [2.05, 4.69) is 4.74 Å². The van der Waals surface area contributed by atoms with E-state index in [0.717, 1.165) is 29.5 Å². The number of unbranched alkanes of at least 4 members (excludes halogenated alkanes) is 1. The number of benzene rings is 1. The molecule has 1 aromatic rings. The molecule has 0 heterocycles. The van der Waals surface area contributed by atoms with Crippen molar-refractivity contribution in [2.24, 2.45) is 0 Å². The van der Waals surface area contributed by atoms with Crippen molar-refractivity contribution in [3.8, 4) is 5.75 Å². The van der Waals surface area contributed by atoms with Crippen LogP contribution in [0.15, 0.2) is 12.1 Å². The first-order valence-electron chi connectivity index (χ1n) is 11.1. The molecule has 1 rings (SSSR count). The van der Waals surface area contributed by atoms with Crippen LogP contribution in [-0.4, -0.2) is 45.8 Å². The minimum absolute atomic E-state index is 0.0153. The lowest BCUT2D eigenvalue weighted by atomic mass is 9.78. The highest BCUT2D eigenvalue weighted by Crippen LogP contribution is 2.39. The molecule has 0 saturated carbocycles. The predicted molar refractivity (Wildman–Crippen MR) is 126 cm³/mol. The number of ether oxygens (including phenoxy) is 2. The maximum absolute atomic E-state index is 11.4. The van der Waals surface area contributed by atoms with E-state index >= 15 is 0 Å². The molecule has 0 fully saturated rings. The minimum Gasteiger partial charge on any atom is -0.507 e. The van der Waals surface area contributed by atoms with E-state index in [1.807, 2.05) is 48.5 Å². The molecular weight excluding hydrogens is 444 g/mol. The molecule has 0 aliphatic carbocycles. The standard InChI is InChI=1S/C18H26O5.C7H12O4/c1-17(2,3)12-7-11(10-23-15(21)9-14(19)20)8-13(16(12)22)18(4,5)6;1-2-3-4-11-7(10)5-6(8)9/h7-8,22H,9-10H2,1-6H3,(H,19,20);2-5H2,1H3,(H,8,9). The number of carboxylic acids is 2. The smallest absolute Gasteiger partial charge is 0.317 e. The fraction of sp³-hybridized carbons (Fsp3) is 0.600. The molecule has 0 radical (unpaired) electrons. The van der Waals surface area contributed by atoms with Crippen LogP contribution < -0.4 is 0 Å². The molecule has 0 atom stereocenters. The lowest BCUT2D eigenvalue weighted by molar-refractivity contribution is -0.153. The topological polar surface area (TPSA) is 147 Å². The van der Waals surface area contributed by atoms with E-state index in [0.29, 0.717) is 6.61 Å². The van der Waals surface area contributed by atoms with Gasteiger partial charge in [-0.2, -0.15) is 0 Å². The highest BCUT2D eigenvalue weighted by atomic mass is 16.5. The number of carbonyl (C=O) groups excluding carboxylic acids is 2. The molecule has 1 aromatic carbocycles. The maximum Gasteiger partial charge on any atom is 0.317 e. The molecule has 0 amide bonds. The van der Waals surface area contributed by atoms with Crippen LogP contribution in [0.1, 0.15) is 90.8 Å². The summed E-state index contributed by atoms with van der Waals surface area (Å²) in [5, 5.41) is 27.3. The van der Waals surface area contributed by atoms with Crippen LogP contribution >= 0.6 is 0 Å². The van der Waals surface area contributed by atoms with E-state index in [-0.39, 0.29) is 23.2 Å². The Morgan fingerprint density at radius 1 is 0.794 bits per heavy atom. The Hall–Kier alpha value is -3.10. The Kier molecular flexibility index (Phi) is 12.3. The summed E-state index contributed by atoms with van der Waals surface area (Å²) < 4.78 is 9.59. The van der Waals surface area contributed by atoms with Crippen molar-refractivity contribution in [3.05, 3.63) is 28.8 Å². The summed E-state index contributed by atoms with van der Waals surface area (Å²) in [4.78, 5) is 42.4. The summed E-state index contributed by atoms with van der Waals surface area (Å²) in [6.07, 6.45) is 0.520. The zero-order valence-electron chi connectivity index (χ0n) is 21.2. The number of hydrogen-bond donors (Lipinski definition) is 3. The summed E-state index contributed by atoms with van der Waals surface area (Å²) in [5.74, 6) is -3.55. The quantitative estimate of drug-likeness (QED) is 0.266. The summed E-state index contributed by atoms with van der Waals surface area (Å²) in [7, 11) is 0. The van der Waals surface area contributed by atoms with Gasteiger partial charge >= 0.3 is 23.9 Å². The molecule has 0 unspecified atom stereocenters. The lowest BCUT2D eigenvalue weighted by Crippen LogP contribution is -2.18. The average Bonchev–Trinajstić information content (AvgIpc) is 2.65. The van der Waals surface area contributed by atoms with Gasteiger partial charge in [0.2, 0.25) is 0 Å². The van der Waals surface area contributed by atoms with Crippen molar-refractivity contribution in [3.63, 3.8) is 0 Å². The van der Waals surface area contributed by atoms with Gasteiger partial charge in [-0.3, -0.25) is 19.2 Å². The average molecular weight is 483 g/mol. The molecule has 0 aliphatic rings. The summed E-state index contributed by atoms with van der Waals surface area (Å²) >= 11 is 0. The van der Waals surface area contributed by atoms with E-state index < -0.39 is 36.7 Å². The van der Waals surface area contributed by atoms with Gasteiger partial charge < -0.3 is 24.8 Å². The molecule has 0 spiro atoms. The highest BCUT2D eigenvalue weighted by molar-refractivity contribution is 5.90. The van der Waals surface area contributed by atoms with E-state index in [1.165, 1.54) is 0 Å². The Labute approximate surface area is 201 Å². The van der Waals surface area contributed by atoms with Crippen molar-refractivity contribution in [1.29, 1.82) is 0 Å². The van der Waals surface area contributed by atoms with Crippen molar-refractivity contribution >= 4 is 23.9 Å². The first-order valence-corrected chi connectivity index (χ1v) is 11.1. The van der Waals surface area contributed by atoms with Gasteiger partial charge in [0.1, 0.15) is 25.2 Å². The minimum atomic E-state index is -1.22. The number of carboxylic acid groups (broad SMARTS) is 2. The molecule has 0 saturated heterocycles. The summed E-state index contributed by atoms with van der Waals surface area (Å²) in [6.45, 7) is 14.2. The van der Waals surface area contributed by atoms with Gasteiger partial charge in [0.25, 0.3) is 0 Å². The Morgan fingerprint density at radius 3 is 1.56 bits per heavy atom. The Bertz CT molecular complexity index is 823. The van der Waals surface area contributed by atoms with E-state index in [1.54, 1.807) is 12.1 Å². The van der Waals surface area contributed by atoms with Crippen LogP contribution in [0.5, 0.6) is 5.75 Å². The fourth-order valence-electron chi connectivity index (χ4n) is 2.76.